The van der Waals surface area contributed by atoms with E-state index in [0.717, 1.165) is 56.1 Å². The van der Waals surface area contributed by atoms with Gasteiger partial charge in [0, 0.05) is 6.42 Å². The Balaban J connectivity index is 1.33. The number of benzene rings is 1. The summed E-state index contributed by atoms with van der Waals surface area (Å²) in [5.41, 5.74) is 3.37. The normalized spacial score (nSPS) is 37.2. The molecule has 4 saturated carbocycles. The Kier molecular flexibility index (Phi) is 6.89. The van der Waals surface area contributed by atoms with Crippen LogP contribution in [0.5, 0.6) is 0 Å². The van der Waals surface area contributed by atoms with Crippen molar-refractivity contribution in [2.45, 2.75) is 99.9 Å². The lowest BCUT2D eigenvalue weighted by atomic mass is 9.60. The van der Waals surface area contributed by atoms with E-state index in [-0.39, 0.29) is 5.41 Å². The molecule has 36 heavy (non-hydrogen) atoms. The van der Waals surface area contributed by atoms with Crippen LogP contribution in [-0.4, -0.2) is 35.6 Å². The predicted octanol–water partition coefficient (Wildman–Crippen LogP) is 6.16. The quantitative estimate of drug-likeness (QED) is 0.481. The van der Waals surface area contributed by atoms with Crippen molar-refractivity contribution >= 4 is 9.84 Å². The number of rotatable bonds is 6. The van der Waals surface area contributed by atoms with Crippen molar-refractivity contribution in [2.24, 2.45) is 23.2 Å². The number of hydrogen-bond donors (Lipinski definition) is 2. The monoisotopic (exact) mass is 510 g/mol. The lowest BCUT2D eigenvalue weighted by Crippen LogP contribution is -2.38. The zero-order chi connectivity index (χ0) is 25.7. The summed E-state index contributed by atoms with van der Waals surface area (Å²) < 4.78 is 26.5. The summed E-state index contributed by atoms with van der Waals surface area (Å²) in [6.45, 7) is 8.81. The highest BCUT2D eigenvalue weighted by atomic mass is 32.2. The van der Waals surface area contributed by atoms with Crippen molar-refractivity contribution in [1.82, 2.24) is 0 Å². The highest BCUT2D eigenvalue weighted by Gasteiger charge is 2.58. The van der Waals surface area contributed by atoms with Gasteiger partial charge in [-0.25, -0.2) is 8.42 Å². The fourth-order valence-corrected chi connectivity index (χ4v) is 10.1. The summed E-state index contributed by atoms with van der Waals surface area (Å²) >= 11 is 0. The smallest absolute Gasteiger partial charge is 0.184 e. The lowest BCUT2D eigenvalue weighted by Gasteiger charge is -2.45. The van der Waals surface area contributed by atoms with E-state index >= 15 is 0 Å². The van der Waals surface area contributed by atoms with Gasteiger partial charge in [0.1, 0.15) is 0 Å². The van der Waals surface area contributed by atoms with Crippen molar-refractivity contribution in [3.8, 4) is 0 Å². The molecule has 0 aromatic heterocycles. The van der Waals surface area contributed by atoms with Gasteiger partial charge in [0.05, 0.1) is 21.9 Å². The van der Waals surface area contributed by atoms with Crippen LogP contribution >= 0.6 is 0 Å². The maximum Gasteiger partial charge on any atom is 0.184 e. The summed E-state index contributed by atoms with van der Waals surface area (Å²) in [6, 6.07) is 9.02. The SMILES string of the molecule is C=C1C(=CC=C2CCC[C@]3(C)[C@@H]([C@H](C)CC4(S(=O)(=O)c5ccccc5)CC4)CC[C@@H]23)CC(O)CC1O. The third-order valence-corrected chi connectivity index (χ3v) is 12.7. The van der Waals surface area contributed by atoms with Crippen molar-refractivity contribution in [2.75, 3.05) is 0 Å². The summed E-state index contributed by atoms with van der Waals surface area (Å²) in [4.78, 5) is 0.473. The molecule has 0 bridgehead atoms. The van der Waals surface area contributed by atoms with E-state index in [4.69, 9.17) is 0 Å². The van der Waals surface area contributed by atoms with E-state index in [1.54, 1.807) is 12.1 Å². The van der Waals surface area contributed by atoms with Crippen LogP contribution in [0.2, 0.25) is 0 Å². The van der Waals surface area contributed by atoms with Crippen molar-refractivity contribution < 1.29 is 18.6 Å². The van der Waals surface area contributed by atoms with Gasteiger partial charge in [-0.05, 0) is 104 Å². The van der Waals surface area contributed by atoms with Crippen LogP contribution in [0.25, 0.3) is 0 Å². The van der Waals surface area contributed by atoms with E-state index < -0.39 is 26.8 Å². The first kappa shape index (κ1) is 25.9. The molecular weight excluding hydrogens is 468 g/mol. The van der Waals surface area contributed by atoms with E-state index in [1.807, 2.05) is 18.2 Å². The van der Waals surface area contributed by atoms with Gasteiger partial charge < -0.3 is 10.2 Å². The molecule has 196 valence electrons. The van der Waals surface area contributed by atoms with Crippen LogP contribution in [0.15, 0.2) is 70.7 Å². The zero-order valence-corrected chi connectivity index (χ0v) is 22.6. The Morgan fingerprint density at radius 1 is 1.11 bits per heavy atom. The Morgan fingerprint density at radius 3 is 2.53 bits per heavy atom. The maximum atomic E-state index is 13.5. The molecule has 4 aliphatic rings. The second kappa shape index (κ2) is 9.56. The largest absolute Gasteiger partial charge is 0.393 e. The first-order valence-electron chi connectivity index (χ1n) is 13.8. The highest BCUT2D eigenvalue weighted by molar-refractivity contribution is 7.93. The molecule has 4 nitrogen and oxygen atoms in total. The average molecular weight is 511 g/mol. The van der Waals surface area contributed by atoms with Gasteiger partial charge >= 0.3 is 0 Å². The summed E-state index contributed by atoms with van der Waals surface area (Å²) in [6.07, 6.45) is 12.2. The molecule has 4 aliphatic carbocycles. The minimum atomic E-state index is -3.32. The molecule has 5 heteroatoms. The van der Waals surface area contributed by atoms with Gasteiger partial charge in [-0.2, -0.15) is 0 Å². The van der Waals surface area contributed by atoms with Crippen LogP contribution in [0, 0.1) is 23.2 Å². The number of aliphatic hydroxyl groups is 2. The maximum absolute atomic E-state index is 13.5. The number of aliphatic hydroxyl groups excluding tert-OH is 2. The van der Waals surface area contributed by atoms with Crippen LogP contribution < -0.4 is 0 Å². The molecule has 0 radical (unpaired) electrons. The van der Waals surface area contributed by atoms with Gasteiger partial charge in [0.25, 0.3) is 0 Å². The molecule has 1 aromatic rings. The predicted molar refractivity (Wildman–Crippen MR) is 144 cm³/mol. The van der Waals surface area contributed by atoms with Crippen molar-refractivity contribution in [1.29, 1.82) is 0 Å². The summed E-state index contributed by atoms with van der Waals surface area (Å²) in [5.74, 6) is 1.40. The van der Waals surface area contributed by atoms with Crippen molar-refractivity contribution in [3.63, 3.8) is 0 Å². The molecule has 5 rings (SSSR count). The molecule has 0 spiro atoms. The summed E-state index contributed by atoms with van der Waals surface area (Å²) in [5, 5.41) is 20.3. The minimum Gasteiger partial charge on any atom is -0.393 e. The highest BCUT2D eigenvalue weighted by Crippen LogP contribution is 2.62. The Hall–Kier alpha value is -1.69. The van der Waals surface area contributed by atoms with Gasteiger partial charge in [0.15, 0.2) is 9.84 Å². The van der Waals surface area contributed by atoms with E-state index in [9.17, 15) is 18.6 Å². The Morgan fingerprint density at radius 2 is 1.83 bits per heavy atom. The van der Waals surface area contributed by atoms with Crippen molar-refractivity contribution in [3.05, 3.63) is 65.8 Å². The summed E-state index contributed by atoms with van der Waals surface area (Å²) in [7, 11) is -3.32. The molecule has 0 heterocycles. The van der Waals surface area contributed by atoms with Gasteiger partial charge in [0.2, 0.25) is 0 Å². The first-order chi connectivity index (χ1) is 17.1. The fourth-order valence-electron chi connectivity index (χ4n) is 7.98. The fraction of sp³-hybridized carbons (Fsp3) is 0.613. The number of sulfone groups is 1. The van der Waals surface area contributed by atoms with Crippen LogP contribution in [0.1, 0.15) is 78.1 Å². The number of hydrogen-bond acceptors (Lipinski definition) is 4. The second-order valence-corrected chi connectivity index (χ2v) is 14.7. The molecule has 4 fully saturated rings. The molecule has 0 amide bonds. The van der Waals surface area contributed by atoms with Crippen LogP contribution in [0.4, 0.5) is 0 Å². The van der Waals surface area contributed by atoms with Gasteiger partial charge in [-0.3, -0.25) is 0 Å². The topological polar surface area (TPSA) is 74.6 Å². The molecule has 2 unspecified atom stereocenters. The zero-order valence-electron chi connectivity index (χ0n) is 21.8. The molecule has 1 aromatic carbocycles. The third kappa shape index (κ3) is 4.46. The third-order valence-electron chi connectivity index (χ3n) is 10.1. The average Bonchev–Trinajstić information content (AvgIpc) is 3.54. The molecule has 2 N–H and O–H groups in total. The first-order valence-corrected chi connectivity index (χ1v) is 15.3. The lowest BCUT2D eigenvalue weighted by molar-refractivity contribution is 0.0861. The van der Waals surface area contributed by atoms with E-state index in [0.29, 0.717) is 35.5 Å². The number of fused-ring (bicyclic) bond motifs is 1. The van der Waals surface area contributed by atoms with Crippen LogP contribution in [-0.2, 0) is 9.84 Å². The molecule has 0 saturated heterocycles. The number of allylic oxidation sites excluding steroid dienone is 3. The van der Waals surface area contributed by atoms with E-state index in [1.165, 1.54) is 12.0 Å². The Labute approximate surface area is 217 Å². The van der Waals surface area contributed by atoms with Gasteiger partial charge in [-0.1, -0.05) is 56.4 Å². The standard InChI is InChI=1S/C31H42O4S/c1-21(20-31(16-17-31)36(34,35)26-9-5-4-6-10-26)27-13-14-28-23(8-7-15-30(27,28)3)11-12-24-18-25(32)19-29(33)22(24)2/h4-6,9-12,21,25,27-29,32-33H,2,7-8,13-20H2,1,3H3/t21-,25?,27-,28+,29?,30-/m1/s1. The van der Waals surface area contributed by atoms with Gasteiger partial charge in [-0.15, -0.1) is 0 Å². The molecular formula is C31H42O4S. The minimum absolute atomic E-state index is 0.192. The molecule has 0 aliphatic heterocycles. The Bertz CT molecular complexity index is 1160. The van der Waals surface area contributed by atoms with Crippen LogP contribution in [0.3, 0.4) is 0 Å². The molecule has 6 atom stereocenters. The second-order valence-electron chi connectivity index (χ2n) is 12.3. The van der Waals surface area contributed by atoms with E-state index in [2.05, 4.69) is 32.6 Å².